The molecule has 12 heavy (non-hydrogen) atoms. The van der Waals surface area contributed by atoms with Gasteiger partial charge in [-0.3, -0.25) is 4.84 Å². The van der Waals surface area contributed by atoms with E-state index in [0.717, 1.165) is 5.56 Å². The predicted octanol–water partition coefficient (Wildman–Crippen LogP) is 1.30. The maximum Gasteiger partial charge on any atom is 0.301 e. The lowest BCUT2D eigenvalue weighted by atomic mass is 10.3. The lowest BCUT2D eigenvalue weighted by Gasteiger charge is -1.96. The Bertz CT molecular complexity index is 311. The molecule has 0 radical (unpaired) electrons. The summed E-state index contributed by atoms with van der Waals surface area (Å²) in [7, 11) is 0. The van der Waals surface area contributed by atoms with E-state index in [1.807, 2.05) is 0 Å². The van der Waals surface area contributed by atoms with E-state index in [9.17, 15) is 10.1 Å². The zero-order chi connectivity index (χ0) is 8.97. The van der Waals surface area contributed by atoms with Gasteiger partial charge in [-0.05, 0) is 17.7 Å². The number of hydrogen-bond donors (Lipinski definition) is 0. The molecule has 0 atom stereocenters. The molecule has 1 heterocycles. The van der Waals surface area contributed by atoms with Crippen LogP contribution in [0.4, 0.5) is 0 Å². The van der Waals surface area contributed by atoms with Crippen LogP contribution < -0.4 is 4.84 Å². The highest BCUT2D eigenvalue weighted by molar-refractivity contribution is 5.47. The Labute approximate surface area is 68.4 Å². The van der Waals surface area contributed by atoms with Crippen LogP contribution in [-0.2, 0) is 0 Å². The largest absolute Gasteiger partial charge is 0.301 e. The van der Waals surface area contributed by atoms with Crippen LogP contribution in [0, 0.1) is 10.1 Å². The third-order valence-corrected chi connectivity index (χ3v) is 1.16. The van der Waals surface area contributed by atoms with Crippen molar-refractivity contribution < 1.29 is 9.92 Å². The highest BCUT2D eigenvalue weighted by Gasteiger charge is 1.99. The van der Waals surface area contributed by atoms with Crippen LogP contribution in [0.5, 0.6) is 5.88 Å². The van der Waals surface area contributed by atoms with Gasteiger partial charge < -0.3 is 0 Å². The Morgan fingerprint density at radius 3 is 3.08 bits per heavy atom. The van der Waals surface area contributed by atoms with Crippen molar-refractivity contribution in [3.05, 3.63) is 40.6 Å². The molecule has 0 amide bonds. The van der Waals surface area contributed by atoms with Crippen LogP contribution in [-0.4, -0.2) is 10.1 Å². The quantitative estimate of drug-likeness (QED) is 0.501. The molecule has 0 spiro atoms. The van der Waals surface area contributed by atoms with E-state index in [-0.39, 0.29) is 5.88 Å². The van der Waals surface area contributed by atoms with Crippen LogP contribution in [0.3, 0.4) is 0 Å². The summed E-state index contributed by atoms with van der Waals surface area (Å²) in [6, 6.07) is 3.09. The van der Waals surface area contributed by atoms with Crippen LogP contribution in [0.1, 0.15) is 5.56 Å². The molecule has 0 fully saturated rings. The second-order valence-corrected chi connectivity index (χ2v) is 1.95. The van der Waals surface area contributed by atoms with Gasteiger partial charge in [0.1, 0.15) is 0 Å². The van der Waals surface area contributed by atoms with Gasteiger partial charge in [-0.2, -0.15) is 0 Å². The van der Waals surface area contributed by atoms with E-state index in [1.54, 1.807) is 12.1 Å². The number of pyridine rings is 1. The molecule has 0 aliphatic carbocycles. The summed E-state index contributed by atoms with van der Waals surface area (Å²) in [4.78, 5) is 17.6. The van der Waals surface area contributed by atoms with Gasteiger partial charge in [0.15, 0.2) is 0 Å². The smallest absolute Gasteiger partial charge is 0.256 e. The fraction of sp³-hybridized carbons (Fsp3) is 0. The van der Waals surface area contributed by atoms with E-state index in [4.69, 9.17) is 0 Å². The summed E-state index contributed by atoms with van der Waals surface area (Å²) in [6.07, 6.45) is 2.96. The van der Waals surface area contributed by atoms with E-state index in [2.05, 4.69) is 16.4 Å². The average Bonchev–Trinajstić information content (AvgIpc) is 2.03. The standard InChI is InChI=1S/C7H6N2O3/c1-2-6-3-4-8-7(5-6)12-9(10)11/h2-5H,1H2. The predicted molar refractivity (Wildman–Crippen MR) is 42.0 cm³/mol. The molecule has 1 aromatic rings. The summed E-state index contributed by atoms with van der Waals surface area (Å²) in [5.41, 5.74) is 0.724. The highest BCUT2D eigenvalue weighted by Crippen LogP contribution is 2.09. The molecule has 5 heteroatoms. The van der Waals surface area contributed by atoms with Gasteiger partial charge in [0, 0.05) is 6.20 Å². The van der Waals surface area contributed by atoms with Crippen LogP contribution in [0.2, 0.25) is 0 Å². The minimum atomic E-state index is -0.908. The maximum absolute atomic E-state index is 9.89. The Kier molecular flexibility index (Phi) is 2.37. The zero-order valence-corrected chi connectivity index (χ0v) is 6.14. The lowest BCUT2D eigenvalue weighted by molar-refractivity contribution is -0.712. The van der Waals surface area contributed by atoms with Crippen molar-refractivity contribution in [2.45, 2.75) is 0 Å². The van der Waals surface area contributed by atoms with E-state index in [1.165, 1.54) is 12.3 Å². The van der Waals surface area contributed by atoms with Crippen LogP contribution in [0.15, 0.2) is 24.9 Å². The van der Waals surface area contributed by atoms with Crippen molar-refractivity contribution in [3.63, 3.8) is 0 Å². The first-order valence-corrected chi connectivity index (χ1v) is 3.13. The SMILES string of the molecule is C=Cc1ccnc(O[N+](=O)[O-])c1. The maximum atomic E-state index is 9.89. The second kappa shape index (κ2) is 3.47. The Balaban J connectivity index is 2.86. The molecule has 1 aromatic heterocycles. The highest BCUT2D eigenvalue weighted by atomic mass is 17.0. The molecular weight excluding hydrogens is 160 g/mol. The summed E-state index contributed by atoms with van der Waals surface area (Å²) in [5.74, 6) is -0.0441. The first-order chi connectivity index (χ1) is 5.72. The number of hydrogen-bond acceptors (Lipinski definition) is 4. The normalized spacial score (nSPS) is 9.00. The number of nitrogens with zero attached hydrogens (tertiary/aromatic N) is 2. The van der Waals surface area contributed by atoms with E-state index in [0.29, 0.717) is 0 Å². The van der Waals surface area contributed by atoms with Crippen LogP contribution in [0.25, 0.3) is 6.08 Å². The molecule has 0 aromatic carbocycles. The monoisotopic (exact) mass is 166 g/mol. The zero-order valence-electron chi connectivity index (χ0n) is 6.14. The molecule has 62 valence electrons. The fourth-order valence-electron chi connectivity index (χ4n) is 0.678. The Hall–Kier alpha value is -1.91. The van der Waals surface area contributed by atoms with Gasteiger partial charge in [-0.25, -0.2) is 4.98 Å². The summed E-state index contributed by atoms with van der Waals surface area (Å²) in [6.45, 7) is 3.50. The van der Waals surface area contributed by atoms with Crippen molar-refractivity contribution in [3.8, 4) is 5.88 Å². The summed E-state index contributed by atoms with van der Waals surface area (Å²) in [5, 5.41) is 8.98. The molecule has 0 bridgehead atoms. The minimum absolute atomic E-state index is 0.0441. The van der Waals surface area contributed by atoms with Crippen molar-refractivity contribution in [2.24, 2.45) is 0 Å². The molecule has 0 unspecified atom stereocenters. The van der Waals surface area contributed by atoms with Crippen molar-refractivity contribution in [1.82, 2.24) is 4.98 Å². The topological polar surface area (TPSA) is 65.3 Å². The third kappa shape index (κ3) is 2.05. The second-order valence-electron chi connectivity index (χ2n) is 1.95. The van der Waals surface area contributed by atoms with Gasteiger partial charge in [0.25, 0.3) is 0 Å². The molecule has 0 aliphatic rings. The Morgan fingerprint density at radius 1 is 1.75 bits per heavy atom. The van der Waals surface area contributed by atoms with Gasteiger partial charge >= 0.3 is 5.09 Å². The lowest BCUT2D eigenvalue weighted by Crippen LogP contribution is -2.04. The first kappa shape index (κ1) is 8.19. The molecule has 1 rings (SSSR count). The summed E-state index contributed by atoms with van der Waals surface area (Å²) < 4.78 is 0. The van der Waals surface area contributed by atoms with E-state index < -0.39 is 5.09 Å². The van der Waals surface area contributed by atoms with E-state index >= 15 is 0 Å². The minimum Gasteiger partial charge on any atom is -0.256 e. The molecule has 5 nitrogen and oxygen atoms in total. The average molecular weight is 166 g/mol. The molecule has 0 N–H and O–H groups in total. The van der Waals surface area contributed by atoms with Gasteiger partial charge in [-0.1, -0.05) is 12.7 Å². The summed E-state index contributed by atoms with van der Waals surface area (Å²) >= 11 is 0. The number of aromatic nitrogens is 1. The van der Waals surface area contributed by atoms with Crippen molar-refractivity contribution >= 4 is 6.08 Å². The first-order valence-electron chi connectivity index (χ1n) is 3.13. The van der Waals surface area contributed by atoms with Gasteiger partial charge in [-0.15, -0.1) is 10.1 Å². The molecule has 0 saturated carbocycles. The van der Waals surface area contributed by atoms with Crippen molar-refractivity contribution in [1.29, 1.82) is 0 Å². The van der Waals surface area contributed by atoms with Crippen molar-refractivity contribution in [2.75, 3.05) is 0 Å². The molecule has 0 aliphatic heterocycles. The Morgan fingerprint density at radius 2 is 2.50 bits per heavy atom. The van der Waals surface area contributed by atoms with Crippen LogP contribution >= 0.6 is 0 Å². The fourth-order valence-corrected chi connectivity index (χ4v) is 0.678. The molecular formula is C7H6N2O3. The van der Waals surface area contributed by atoms with Gasteiger partial charge in [0.05, 0.1) is 0 Å². The number of rotatable bonds is 3. The molecule has 0 saturated heterocycles. The third-order valence-electron chi connectivity index (χ3n) is 1.16. The van der Waals surface area contributed by atoms with Gasteiger partial charge in [0.2, 0.25) is 5.88 Å².